The highest BCUT2D eigenvalue weighted by molar-refractivity contribution is 5.79. The third kappa shape index (κ3) is 4.57. The maximum absolute atomic E-state index is 12.6. The summed E-state index contributed by atoms with van der Waals surface area (Å²) < 4.78 is 5.32. The third-order valence-electron chi connectivity index (χ3n) is 4.81. The number of hydrogen-bond acceptors (Lipinski definition) is 4. The van der Waals surface area contributed by atoms with Gasteiger partial charge in [-0.15, -0.1) is 0 Å². The van der Waals surface area contributed by atoms with Crippen molar-refractivity contribution in [3.63, 3.8) is 0 Å². The molecule has 1 aliphatic carbocycles. The van der Waals surface area contributed by atoms with Gasteiger partial charge in [-0.05, 0) is 48.9 Å². The van der Waals surface area contributed by atoms with E-state index in [-0.39, 0.29) is 24.5 Å². The first kappa shape index (κ1) is 17.4. The Bertz CT molecular complexity index is 699. The average molecular weight is 340 g/mol. The van der Waals surface area contributed by atoms with E-state index in [4.69, 9.17) is 4.74 Å². The van der Waals surface area contributed by atoms with Crippen molar-refractivity contribution in [3.05, 3.63) is 59.9 Å². The summed E-state index contributed by atoms with van der Waals surface area (Å²) in [4.78, 5) is 16.6. The van der Waals surface area contributed by atoms with Crippen LogP contribution in [-0.2, 0) is 17.6 Å². The standard InChI is InChI=1S/C20H24N2O3/c1-25-19-5-3-2-4-15(19)13-20(24)22-18(16-11-17(23)12-16)10-14-6-8-21-9-7-14/h2-9,16-18,23H,10-13H2,1H3,(H,22,24)/t16?,17?,18-/m0/s1. The summed E-state index contributed by atoms with van der Waals surface area (Å²) in [5, 5.41) is 12.8. The van der Waals surface area contributed by atoms with Crippen molar-refractivity contribution in [1.29, 1.82) is 0 Å². The number of para-hydroxylation sites is 1. The van der Waals surface area contributed by atoms with Gasteiger partial charge in [0.25, 0.3) is 0 Å². The number of nitrogens with one attached hydrogen (secondary N) is 1. The minimum atomic E-state index is -0.240. The van der Waals surface area contributed by atoms with E-state index in [2.05, 4.69) is 10.3 Å². The van der Waals surface area contributed by atoms with Crippen LogP contribution in [0.25, 0.3) is 0 Å². The second-order valence-electron chi connectivity index (χ2n) is 6.61. The largest absolute Gasteiger partial charge is 0.496 e. The number of aromatic nitrogens is 1. The fourth-order valence-corrected chi connectivity index (χ4v) is 3.35. The molecule has 2 aromatic rings. The van der Waals surface area contributed by atoms with E-state index in [1.807, 2.05) is 36.4 Å². The second-order valence-corrected chi connectivity index (χ2v) is 6.61. The number of nitrogens with zero attached hydrogens (tertiary/aromatic N) is 1. The van der Waals surface area contributed by atoms with Gasteiger partial charge in [0.2, 0.25) is 5.91 Å². The molecule has 132 valence electrons. The quantitative estimate of drug-likeness (QED) is 0.810. The van der Waals surface area contributed by atoms with E-state index < -0.39 is 0 Å². The fraction of sp³-hybridized carbons (Fsp3) is 0.400. The molecule has 1 fully saturated rings. The third-order valence-corrected chi connectivity index (χ3v) is 4.81. The molecular weight excluding hydrogens is 316 g/mol. The molecule has 3 rings (SSSR count). The zero-order chi connectivity index (χ0) is 17.6. The number of ether oxygens (including phenoxy) is 1. The average Bonchev–Trinajstić information content (AvgIpc) is 2.60. The van der Waals surface area contributed by atoms with Crippen LogP contribution >= 0.6 is 0 Å². The Balaban J connectivity index is 1.66. The molecule has 0 bridgehead atoms. The molecule has 1 saturated carbocycles. The summed E-state index contributed by atoms with van der Waals surface area (Å²) in [6, 6.07) is 11.5. The molecule has 5 nitrogen and oxygen atoms in total. The molecule has 1 aromatic heterocycles. The van der Waals surface area contributed by atoms with E-state index in [1.54, 1.807) is 19.5 Å². The van der Waals surface area contributed by atoms with Crippen molar-refractivity contribution in [3.8, 4) is 5.75 Å². The van der Waals surface area contributed by atoms with Crippen LogP contribution in [0.4, 0.5) is 0 Å². The highest BCUT2D eigenvalue weighted by Gasteiger charge is 2.34. The van der Waals surface area contributed by atoms with Gasteiger partial charge in [0.15, 0.2) is 0 Å². The zero-order valence-electron chi connectivity index (χ0n) is 14.4. The van der Waals surface area contributed by atoms with Crippen LogP contribution < -0.4 is 10.1 Å². The minimum Gasteiger partial charge on any atom is -0.496 e. The van der Waals surface area contributed by atoms with Crippen molar-refractivity contribution < 1.29 is 14.6 Å². The Morgan fingerprint density at radius 1 is 1.28 bits per heavy atom. The molecule has 1 heterocycles. The lowest BCUT2D eigenvalue weighted by Gasteiger charge is -2.38. The van der Waals surface area contributed by atoms with Crippen LogP contribution in [0.5, 0.6) is 5.75 Å². The van der Waals surface area contributed by atoms with Crippen molar-refractivity contribution in [2.24, 2.45) is 5.92 Å². The van der Waals surface area contributed by atoms with Gasteiger partial charge in [-0.3, -0.25) is 9.78 Å². The van der Waals surface area contributed by atoms with Crippen LogP contribution in [0.15, 0.2) is 48.8 Å². The first-order chi connectivity index (χ1) is 12.2. The van der Waals surface area contributed by atoms with Gasteiger partial charge in [0.05, 0.1) is 19.6 Å². The molecular formula is C20H24N2O3. The number of carbonyl (C=O) groups excluding carboxylic acids is 1. The Kier molecular flexibility index (Phi) is 5.66. The number of carbonyl (C=O) groups is 1. The van der Waals surface area contributed by atoms with Gasteiger partial charge in [-0.25, -0.2) is 0 Å². The molecule has 25 heavy (non-hydrogen) atoms. The number of methoxy groups -OCH3 is 1. The fourth-order valence-electron chi connectivity index (χ4n) is 3.35. The molecule has 1 amide bonds. The van der Waals surface area contributed by atoms with E-state index in [0.717, 1.165) is 36.1 Å². The molecule has 0 saturated heterocycles. The predicted molar refractivity (Wildman–Crippen MR) is 95.3 cm³/mol. The Morgan fingerprint density at radius 2 is 2.00 bits per heavy atom. The van der Waals surface area contributed by atoms with E-state index in [1.165, 1.54) is 0 Å². The highest BCUT2D eigenvalue weighted by atomic mass is 16.5. The van der Waals surface area contributed by atoms with Crippen molar-refractivity contribution >= 4 is 5.91 Å². The van der Waals surface area contributed by atoms with Gasteiger partial charge < -0.3 is 15.2 Å². The van der Waals surface area contributed by atoms with Gasteiger partial charge in [0.1, 0.15) is 5.75 Å². The number of aliphatic hydroxyl groups excluding tert-OH is 1. The smallest absolute Gasteiger partial charge is 0.224 e. The maximum Gasteiger partial charge on any atom is 0.224 e. The summed E-state index contributed by atoms with van der Waals surface area (Å²) in [5.74, 6) is 1.01. The molecule has 2 N–H and O–H groups in total. The first-order valence-electron chi connectivity index (χ1n) is 8.64. The van der Waals surface area contributed by atoms with E-state index >= 15 is 0 Å². The molecule has 1 atom stereocenters. The summed E-state index contributed by atoms with van der Waals surface area (Å²) in [7, 11) is 1.61. The highest BCUT2D eigenvalue weighted by Crippen LogP contribution is 2.32. The van der Waals surface area contributed by atoms with Gasteiger partial charge in [0, 0.05) is 24.0 Å². The van der Waals surface area contributed by atoms with Crippen LogP contribution in [0.1, 0.15) is 24.0 Å². The number of rotatable bonds is 7. The molecule has 5 heteroatoms. The van der Waals surface area contributed by atoms with Crippen LogP contribution in [0, 0.1) is 5.92 Å². The zero-order valence-corrected chi connectivity index (χ0v) is 14.4. The molecule has 0 aliphatic heterocycles. The summed E-state index contributed by atoms with van der Waals surface area (Å²) in [6.07, 6.45) is 5.80. The minimum absolute atomic E-state index is 0.0213. The van der Waals surface area contributed by atoms with Crippen molar-refractivity contribution in [1.82, 2.24) is 10.3 Å². The predicted octanol–water partition coefficient (Wildman–Crippen LogP) is 2.13. The van der Waals surface area contributed by atoms with Gasteiger partial charge >= 0.3 is 0 Å². The first-order valence-corrected chi connectivity index (χ1v) is 8.64. The SMILES string of the molecule is COc1ccccc1CC(=O)N[C@@H](Cc1ccncc1)C1CC(O)C1. The van der Waals surface area contributed by atoms with E-state index in [9.17, 15) is 9.90 Å². The number of pyridine rings is 1. The number of amides is 1. The lowest BCUT2D eigenvalue weighted by Crippen LogP contribution is -2.48. The normalized spacial score (nSPS) is 20.4. The Morgan fingerprint density at radius 3 is 2.68 bits per heavy atom. The van der Waals surface area contributed by atoms with Crippen LogP contribution in [-0.4, -0.2) is 35.3 Å². The van der Waals surface area contributed by atoms with Gasteiger partial charge in [-0.1, -0.05) is 18.2 Å². The number of aliphatic hydroxyl groups is 1. The molecule has 0 spiro atoms. The molecule has 1 aliphatic rings. The Labute approximate surface area is 148 Å². The van der Waals surface area contributed by atoms with Crippen molar-refractivity contribution in [2.75, 3.05) is 7.11 Å². The number of benzene rings is 1. The van der Waals surface area contributed by atoms with Crippen LogP contribution in [0.2, 0.25) is 0 Å². The second kappa shape index (κ2) is 8.12. The molecule has 0 unspecified atom stereocenters. The maximum atomic E-state index is 12.6. The summed E-state index contributed by atoms with van der Waals surface area (Å²) in [5.41, 5.74) is 2.01. The van der Waals surface area contributed by atoms with Crippen LogP contribution in [0.3, 0.4) is 0 Å². The topological polar surface area (TPSA) is 71.5 Å². The lowest BCUT2D eigenvalue weighted by molar-refractivity contribution is -0.122. The lowest BCUT2D eigenvalue weighted by atomic mass is 9.75. The monoisotopic (exact) mass is 340 g/mol. The van der Waals surface area contributed by atoms with Gasteiger partial charge in [-0.2, -0.15) is 0 Å². The number of hydrogen-bond donors (Lipinski definition) is 2. The molecule has 1 aromatic carbocycles. The summed E-state index contributed by atoms with van der Waals surface area (Å²) >= 11 is 0. The Hall–Kier alpha value is -2.40. The van der Waals surface area contributed by atoms with E-state index in [0.29, 0.717) is 5.92 Å². The molecule has 0 radical (unpaired) electrons. The summed E-state index contributed by atoms with van der Waals surface area (Å²) in [6.45, 7) is 0. The van der Waals surface area contributed by atoms with Crippen molar-refractivity contribution in [2.45, 2.75) is 37.8 Å².